The van der Waals surface area contributed by atoms with Crippen molar-refractivity contribution < 1.29 is 9.59 Å². The normalized spacial score (nSPS) is 11.8. The topological polar surface area (TPSA) is 49.4 Å². The number of rotatable bonds is 8. The Morgan fingerprint density at radius 2 is 1.68 bits per heavy atom. The lowest BCUT2D eigenvalue weighted by molar-refractivity contribution is -0.140. The molecule has 1 atom stereocenters. The first-order chi connectivity index (χ1) is 13.4. The van der Waals surface area contributed by atoms with E-state index in [1.807, 2.05) is 45.0 Å². The Kier molecular flexibility index (Phi) is 8.34. The molecule has 28 heavy (non-hydrogen) atoms. The molecule has 0 unspecified atom stereocenters. The zero-order valence-electron chi connectivity index (χ0n) is 16.5. The smallest absolute Gasteiger partial charge is 0.242 e. The molecule has 0 saturated carbocycles. The standard InChI is InChI=1S/C22H26Cl2N2O2/c1-4-20(22(28)25-5-2)26(14-16-10-7-6-9-15(16)3)21(27)13-17-18(23)11-8-12-19(17)24/h6-12,20H,4-5,13-14H2,1-3H3,(H,25,28)/t20-/m0/s1. The summed E-state index contributed by atoms with van der Waals surface area (Å²) in [6.45, 7) is 6.62. The lowest BCUT2D eigenvalue weighted by atomic mass is 10.0. The molecule has 2 aromatic carbocycles. The molecule has 0 spiro atoms. The SMILES string of the molecule is CCNC(=O)[C@H](CC)N(Cc1ccccc1C)C(=O)Cc1c(Cl)cccc1Cl. The van der Waals surface area contributed by atoms with Crippen LogP contribution in [0.1, 0.15) is 37.0 Å². The van der Waals surface area contributed by atoms with Gasteiger partial charge >= 0.3 is 0 Å². The van der Waals surface area contributed by atoms with Crippen LogP contribution >= 0.6 is 23.2 Å². The van der Waals surface area contributed by atoms with E-state index in [-0.39, 0.29) is 18.2 Å². The first-order valence-electron chi connectivity index (χ1n) is 9.43. The van der Waals surface area contributed by atoms with Crippen molar-refractivity contribution in [2.24, 2.45) is 0 Å². The second-order valence-electron chi connectivity index (χ2n) is 6.64. The van der Waals surface area contributed by atoms with E-state index >= 15 is 0 Å². The predicted molar refractivity (Wildman–Crippen MR) is 115 cm³/mol. The predicted octanol–water partition coefficient (Wildman–Crippen LogP) is 4.79. The van der Waals surface area contributed by atoms with Gasteiger partial charge in [0.15, 0.2) is 0 Å². The molecule has 1 N–H and O–H groups in total. The molecule has 0 aromatic heterocycles. The molecule has 0 bridgehead atoms. The number of halogens is 2. The van der Waals surface area contributed by atoms with E-state index in [1.165, 1.54) is 0 Å². The van der Waals surface area contributed by atoms with Crippen molar-refractivity contribution in [2.75, 3.05) is 6.54 Å². The number of hydrogen-bond donors (Lipinski definition) is 1. The van der Waals surface area contributed by atoms with E-state index in [1.54, 1.807) is 23.1 Å². The molecule has 0 radical (unpaired) electrons. The fourth-order valence-electron chi connectivity index (χ4n) is 3.14. The molecule has 2 aromatic rings. The Morgan fingerprint density at radius 1 is 1.04 bits per heavy atom. The third-order valence-corrected chi connectivity index (χ3v) is 5.44. The first-order valence-corrected chi connectivity index (χ1v) is 10.2. The highest BCUT2D eigenvalue weighted by molar-refractivity contribution is 6.36. The van der Waals surface area contributed by atoms with Gasteiger partial charge in [-0.05, 0) is 49.1 Å². The molecule has 2 amide bonds. The Hall–Kier alpha value is -2.04. The Morgan fingerprint density at radius 3 is 2.25 bits per heavy atom. The van der Waals surface area contributed by atoms with Crippen LogP contribution < -0.4 is 5.32 Å². The van der Waals surface area contributed by atoms with Gasteiger partial charge in [0.25, 0.3) is 0 Å². The molecule has 4 nitrogen and oxygen atoms in total. The summed E-state index contributed by atoms with van der Waals surface area (Å²) in [4.78, 5) is 27.5. The van der Waals surface area contributed by atoms with Gasteiger partial charge in [-0.25, -0.2) is 0 Å². The summed E-state index contributed by atoms with van der Waals surface area (Å²) in [6.07, 6.45) is 0.556. The van der Waals surface area contributed by atoms with Gasteiger partial charge in [0.05, 0.1) is 6.42 Å². The van der Waals surface area contributed by atoms with Gasteiger partial charge in [0.1, 0.15) is 6.04 Å². The van der Waals surface area contributed by atoms with E-state index in [9.17, 15) is 9.59 Å². The van der Waals surface area contributed by atoms with E-state index in [0.29, 0.717) is 35.1 Å². The van der Waals surface area contributed by atoms with E-state index < -0.39 is 6.04 Å². The number of nitrogens with zero attached hydrogens (tertiary/aromatic N) is 1. The monoisotopic (exact) mass is 420 g/mol. The van der Waals surface area contributed by atoms with Gasteiger partial charge in [-0.15, -0.1) is 0 Å². The highest BCUT2D eigenvalue weighted by Crippen LogP contribution is 2.26. The number of amides is 2. The molecular weight excluding hydrogens is 395 g/mol. The van der Waals surface area contributed by atoms with E-state index in [4.69, 9.17) is 23.2 Å². The summed E-state index contributed by atoms with van der Waals surface area (Å²) in [6, 6.07) is 12.5. The average molecular weight is 421 g/mol. The number of nitrogens with one attached hydrogen (secondary N) is 1. The average Bonchev–Trinajstić information content (AvgIpc) is 2.66. The van der Waals surface area contributed by atoms with Crippen molar-refractivity contribution in [1.82, 2.24) is 10.2 Å². The van der Waals surface area contributed by atoms with Gasteiger partial charge in [-0.2, -0.15) is 0 Å². The summed E-state index contributed by atoms with van der Waals surface area (Å²) in [5.41, 5.74) is 2.65. The Labute approximate surface area is 176 Å². The zero-order valence-corrected chi connectivity index (χ0v) is 18.0. The van der Waals surface area contributed by atoms with Crippen LogP contribution in [0.3, 0.4) is 0 Å². The minimum atomic E-state index is -0.562. The molecule has 6 heteroatoms. The molecule has 2 rings (SSSR count). The Balaban J connectivity index is 2.37. The quantitative estimate of drug-likeness (QED) is 0.667. The summed E-state index contributed by atoms with van der Waals surface area (Å²) in [5.74, 6) is -0.339. The fraction of sp³-hybridized carbons (Fsp3) is 0.364. The zero-order chi connectivity index (χ0) is 20.7. The number of hydrogen-bond acceptors (Lipinski definition) is 2. The molecule has 0 heterocycles. The van der Waals surface area contributed by atoms with Crippen LogP contribution in [-0.2, 0) is 22.6 Å². The maximum atomic E-state index is 13.3. The molecule has 0 fully saturated rings. The Bertz CT molecular complexity index is 819. The lowest BCUT2D eigenvalue weighted by Gasteiger charge is -2.31. The summed E-state index contributed by atoms with van der Waals surface area (Å²) in [7, 11) is 0. The minimum Gasteiger partial charge on any atom is -0.355 e. The third kappa shape index (κ3) is 5.49. The van der Waals surface area contributed by atoms with Gasteiger partial charge in [-0.1, -0.05) is 60.5 Å². The number of benzene rings is 2. The van der Waals surface area contributed by atoms with E-state index in [0.717, 1.165) is 11.1 Å². The van der Waals surface area contributed by atoms with Crippen LogP contribution in [0.25, 0.3) is 0 Å². The molecular formula is C22H26Cl2N2O2. The van der Waals surface area contributed by atoms with Crippen LogP contribution in [0.15, 0.2) is 42.5 Å². The van der Waals surface area contributed by atoms with Gasteiger partial charge in [-0.3, -0.25) is 9.59 Å². The first kappa shape index (κ1) is 22.3. The van der Waals surface area contributed by atoms with Crippen molar-refractivity contribution in [3.63, 3.8) is 0 Å². The van der Waals surface area contributed by atoms with Crippen LogP contribution in [-0.4, -0.2) is 29.3 Å². The van der Waals surface area contributed by atoms with Crippen molar-refractivity contribution in [2.45, 2.75) is 46.2 Å². The lowest BCUT2D eigenvalue weighted by Crippen LogP contribution is -2.49. The summed E-state index contributed by atoms with van der Waals surface area (Å²) >= 11 is 12.5. The molecule has 0 saturated heterocycles. The van der Waals surface area contributed by atoms with Crippen LogP contribution in [0, 0.1) is 6.92 Å². The fourth-order valence-corrected chi connectivity index (χ4v) is 3.67. The maximum Gasteiger partial charge on any atom is 0.242 e. The van der Waals surface area contributed by atoms with Gasteiger partial charge in [0.2, 0.25) is 11.8 Å². The summed E-state index contributed by atoms with van der Waals surface area (Å²) in [5, 5.41) is 3.73. The largest absolute Gasteiger partial charge is 0.355 e. The number of aryl methyl sites for hydroxylation is 1. The van der Waals surface area contributed by atoms with Crippen molar-refractivity contribution in [1.29, 1.82) is 0 Å². The van der Waals surface area contributed by atoms with Crippen LogP contribution in [0.2, 0.25) is 10.0 Å². The highest BCUT2D eigenvalue weighted by Gasteiger charge is 2.29. The minimum absolute atomic E-state index is 0.0420. The molecule has 150 valence electrons. The third-order valence-electron chi connectivity index (χ3n) is 4.73. The molecule has 0 aliphatic rings. The number of carbonyl (C=O) groups excluding carboxylic acids is 2. The van der Waals surface area contributed by atoms with Gasteiger partial charge in [0, 0.05) is 23.1 Å². The maximum absolute atomic E-state index is 13.3. The number of carbonyl (C=O) groups is 2. The second kappa shape index (κ2) is 10.5. The summed E-state index contributed by atoms with van der Waals surface area (Å²) < 4.78 is 0. The molecule has 0 aliphatic carbocycles. The van der Waals surface area contributed by atoms with E-state index in [2.05, 4.69) is 5.32 Å². The van der Waals surface area contributed by atoms with Crippen molar-refractivity contribution in [3.8, 4) is 0 Å². The van der Waals surface area contributed by atoms with Gasteiger partial charge < -0.3 is 10.2 Å². The van der Waals surface area contributed by atoms with Crippen molar-refractivity contribution >= 4 is 35.0 Å². The van der Waals surface area contributed by atoms with Crippen molar-refractivity contribution in [3.05, 3.63) is 69.2 Å². The second-order valence-corrected chi connectivity index (χ2v) is 7.46. The highest BCUT2D eigenvalue weighted by atomic mass is 35.5. The van der Waals surface area contributed by atoms with Crippen LogP contribution in [0.5, 0.6) is 0 Å². The number of likely N-dealkylation sites (N-methyl/N-ethyl adjacent to an activating group) is 1. The molecule has 0 aliphatic heterocycles. The van der Waals surface area contributed by atoms with Crippen LogP contribution in [0.4, 0.5) is 0 Å².